The lowest BCUT2D eigenvalue weighted by atomic mass is 9.83. The number of carbonyl (C=O) groups is 1. The molecule has 2 aliphatic rings. The van der Waals surface area contributed by atoms with E-state index in [1.54, 1.807) is 12.1 Å². The first kappa shape index (κ1) is 16.7. The third-order valence-corrected chi connectivity index (χ3v) is 6.31. The van der Waals surface area contributed by atoms with Gasteiger partial charge in [0, 0.05) is 43.5 Å². The van der Waals surface area contributed by atoms with Crippen molar-refractivity contribution in [3.05, 3.63) is 58.0 Å². The molecule has 0 spiro atoms. The van der Waals surface area contributed by atoms with Crippen LogP contribution in [-0.2, 0) is 17.9 Å². The molecule has 2 aliphatic heterocycles. The Kier molecular flexibility index (Phi) is 4.86. The van der Waals surface area contributed by atoms with Crippen LogP contribution in [0.2, 0.25) is 0 Å². The maximum atomic E-state index is 13.1. The van der Waals surface area contributed by atoms with E-state index in [9.17, 15) is 9.18 Å². The second-order valence-corrected chi connectivity index (χ2v) is 8.15. The molecule has 25 heavy (non-hydrogen) atoms. The molecule has 132 valence electrons. The molecule has 3 nitrogen and oxygen atoms in total. The van der Waals surface area contributed by atoms with Crippen LogP contribution >= 0.6 is 11.3 Å². The number of amides is 1. The molecule has 0 unspecified atom stereocenters. The zero-order chi connectivity index (χ0) is 17.2. The summed E-state index contributed by atoms with van der Waals surface area (Å²) < 4.78 is 13.1. The van der Waals surface area contributed by atoms with Gasteiger partial charge < -0.3 is 4.90 Å². The number of thiophene rings is 1. The Hall–Kier alpha value is -1.72. The van der Waals surface area contributed by atoms with Gasteiger partial charge in [-0.1, -0.05) is 18.2 Å². The highest BCUT2D eigenvalue weighted by molar-refractivity contribution is 7.09. The molecule has 4 rings (SSSR count). The topological polar surface area (TPSA) is 23.6 Å². The summed E-state index contributed by atoms with van der Waals surface area (Å²) in [6, 6.07) is 11.2. The standard InChI is InChI=1S/C20H23FN2OS/c21-17-6-3-15(4-7-17)12-23-19-9-10-22(14-18-2-1-11-25-18)13-16(19)5-8-20(23)24/h1-4,6-7,11,16,19H,5,8-10,12-14H2/t16-,19+/m1/s1. The summed E-state index contributed by atoms with van der Waals surface area (Å²) in [6.07, 6.45) is 2.66. The fourth-order valence-electron chi connectivity index (χ4n) is 4.19. The molecule has 3 heterocycles. The molecular weight excluding hydrogens is 335 g/mol. The minimum atomic E-state index is -0.228. The first-order chi connectivity index (χ1) is 12.2. The molecule has 0 bridgehead atoms. The van der Waals surface area contributed by atoms with Crippen molar-refractivity contribution in [3.8, 4) is 0 Å². The van der Waals surface area contributed by atoms with E-state index in [1.165, 1.54) is 17.0 Å². The van der Waals surface area contributed by atoms with Crippen LogP contribution in [-0.4, -0.2) is 34.8 Å². The molecule has 0 aliphatic carbocycles. The van der Waals surface area contributed by atoms with E-state index >= 15 is 0 Å². The molecule has 1 aromatic carbocycles. The van der Waals surface area contributed by atoms with Crippen molar-refractivity contribution in [2.45, 2.75) is 38.4 Å². The van der Waals surface area contributed by atoms with E-state index in [1.807, 2.05) is 16.2 Å². The molecule has 0 radical (unpaired) electrons. The first-order valence-corrected chi connectivity index (χ1v) is 9.85. The maximum Gasteiger partial charge on any atom is 0.223 e. The molecule has 1 amide bonds. The maximum absolute atomic E-state index is 13.1. The van der Waals surface area contributed by atoms with Crippen molar-refractivity contribution in [3.63, 3.8) is 0 Å². The van der Waals surface area contributed by atoms with Gasteiger partial charge in [0.1, 0.15) is 5.82 Å². The minimum Gasteiger partial charge on any atom is -0.335 e. The Morgan fingerprint density at radius 2 is 1.96 bits per heavy atom. The normalized spacial score (nSPS) is 24.4. The van der Waals surface area contributed by atoms with E-state index in [0.717, 1.165) is 38.0 Å². The second-order valence-electron chi connectivity index (χ2n) is 7.12. The van der Waals surface area contributed by atoms with Gasteiger partial charge >= 0.3 is 0 Å². The number of likely N-dealkylation sites (tertiary alicyclic amines) is 2. The van der Waals surface area contributed by atoms with E-state index < -0.39 is 0 Å². The number of hydrogen-bond donors (Lipinski definition) is 0. The van der Waals surface area contributed by atoms with E-state index in [2.05, 4.69) is 22.4 Å². The zero-order valence-electron chi connectivity index (χ0n) is 14.2. The lowest BCUT2D eigenvalue weighted by Crippen LogP contribution is -2.55. The Morgan fingerprint density at radius 3 is 2.72 bits per heavy atom. The molecule has 2 saturated heterocycles. The third kappa shape index (κ3) is 3.77. The third-order valence-electron chi connectivity index (χ3n) is 5.45. The number of fused-ring (bicyclic) bond motifs is 1. The molecule has 1 aromatic heterocycles. The molecule has 2 aromatic rings. The SMILES string of the molecule is O=C1CC[C@@H]2CN(Cc3cccs3)CC[C@@H]2N1Cc1ccc(F)cc1. The van der Waals surface area contributed by atoms with Crippen molar-refractivity contribution in [1.29, 1.82) is 0 Å². The fraction of sp³-hybridized carbons (Fsp3) is 0.450. The van der Waals surface area contributed by atoms with Crippen LogP contribution in [0.4, 0.5) is 4.39 Å². The lowest BCUT2D eigenvalue weighted by Gasteiger charge is -2.47. The number of carbonyl (C=O) groups excluding carboxylic acids is 1. The summed E-state index contributed by atoms with van der Waals surface area (Å²) in [6.45, 7) is 3.72. The molecule has 2 atom stereocenters. The largest absolute Gasteiger partial charge is 0.335 e. The summed E-state index contributed by atoms with van der Waals surface area (Å²) in [7, 11) is 0. The summed E-state index contributed by atoms with van der Waals surface area (Å²) in [4.78, 5) is 18.5. The number of piperidine rings is 2. The second kappa shape index (κ2) is 7.26. The highest BCUT2D eigenvalue weighted by atomic mass is 32.1. The van der Waals surface area contributed by atoms with Gasteiger partial charge in [0.15, 0.2) is 0 Å². The van der Waals surface area contributed by atoms with Gasteiger partial charge in [-0.15, -0.1) is 11.3 Å². The highest BCUT2D eigenvalue weighted by Gasteiger charge is 2.39. The zero-order valence-corrected chi connectivity index (χ0v) is 15.1. The predicted molar refractivity (Wildman–Crippen MR) is 97.7 cm³/mol. The smallest absolute Gasteiger partial charge is 0.223 e. The average molecular weight is 358 g/mol. The van der Waals surface area contributed by atoms with Gasteiger partial charge in [-0.3, -0.25) is 9.69 Å². The van der Waals surface area contributed by atoms with Crippen molar-refractivity contribution in [2.75, 3.05) is 13.1 Å². The summed E-state index contributed by atoms with van der Waals surface area (Å²) >= 11 is 1.81. The van der Waals surface area contributed by atoms with Crippen LogP contribution in [0.5, 0.6) is 0 Å². The number of hydrogen-bond acceptors (Lipinski definition) is 3. The van der Waals surface area contributed by atoms with Crippen molar-refractivity contribution in [2.24, 2.45) is 5.92 Å². The van der Waals surface area contributed by atoms with Gasteiger partial charge in [0.2, 0.25) is 5.91 Å². The lowest BCUT2D eigenvalue weighted by molar-refractivity contribution is -0.142. The highest BCUT2D eigenvalue weighted by Crippen LogP contribution is 2.33. The first-order valence-electron chi connectivity index (χ1n) is 8.98. The molecule has 2 fully saturated rings. The Labute approximate surface area is 152 Å². The summed E-state index contributed by atoms with van der Waals surface area (Å²) in [5, 5.41) is 2.13. The van der Waals surface area contributed by atoms with Gasteiger partial charge in [-0.25, -0.2) is 4.39 Å². The quantitative estimate of drug-likeness (QED) is 0.828. The number of halogens is 1. The van der Waals surface area contributed by atoms with Gasteiger partial charge in [0.25, 0.3) is 0 Å². The van der Waals surface area contributed by atoms with Crippen LogP contribution in [0.15, 0.2) is 41.8 Å². The van der Waals surface area contributed by atoms with Gasteiger partial charge in [-0.2, -0.15) is 0 Å². The van der Waals surface area contributed by atoms with Crippen molar-refractivity contribution >= 4 is 17.2 Å². The molecule has 5 heteroatoms. The Morgan fingerprint density at radius 1 is 1.12 bits per heavy atom. The molecular formula is C20H23FN2OS. The average Bonchev–Trinajstić information content (AvgIpc) is 3.12. The van der Waals surface area contributed by atoms with Crippen LogP contribution in [0.3, 0.4) is 0 Å². The van der Waals surface area contributed by atoms with Crippen LogP contribution in [0.25, 0.3) is 0 Å². The van der Waals surface area contributed by atoms with Gasteiger partial charge in [-0.05, 0) is 47.9 Å². The Bertz CT molecular complexity index is 716. The van der Waals surface area contributed by atoms with Crippen LogP contribution in [0.1, 0.15) is 29.7 Å². The van der Waals surface area contributed by atoms with Crippen LogP contribution in [0, 0.1) is 11.7 Å². The van der Waals surface area contributed by atoms with E-state index in [4.69, 9.17) is 0 Å². The van der Waals surface area contributed by atoms with E-state index in [-0.39, 0.29) is 11.7 Å². The fourth-order valence-corrected chi connectivity index (χ4v) is 4.93. The monoisotopic (exact) mass is 358 g/mol. The summed E-state index contributed by atoms with van der Waals surface area (Å²) in [5.41, 5.74) is 1.01. The van der Waals surface area contributed by atoms with Crippen LogP contribution < -0.4 is 0 Å². The van der Waals surface area contributed by atoms with Crippen molar-refractivity contribution < 1.29 is 9.18 Å². The van der Waals surface area contributed by atoms with E-state index in [0.29, 0.717) is 24.9 Å². The minimum absolute atomic E-state index is 0.228. The van der Waals surface area contributed by atoms with Crippen molar-refractivity contribution in [1.82, 2.24) is 9.80 Å². The predicted octanol–water partition coefficient (Wildman–Crippen LogP) is 3.90. The molecule has 0 N–H and O–H groups in total. The number of rotatable bonds is 4. The van der Waals surface area contributed by atoms with Gasteiger partial charge in [0.05, 0.1) is 0 Å². The number of benzene rings is 1. The Balaban J connectivity index is 1.43. The molecule has 0 saturated carbocycles. The summed E-state index contributed by atoms with van der Waals surface area (Å²) in [5.74, 6) is 0.567. The number of nitrogens with zero attached hydrogens (tertiary/aromatic N) is 2.